The second kappa shape index (κ2) is 7.89. The molecule has 1 N–H and O–H groups in total. The van der Waals surface area contributed by atoms with E-state index in [0.29, 0.717) is 16.1 Å². The van der Waals surface area contributed by atoms with Gasteiger partial charge in [0.05, 0.1) is 11.6 Å². The predicted molar refractivity (Wildman–Crippen MR) is 110 cm³/mol. The SMILES string of the molecule is O=C1C(=O)N(Cc2ccccc2)C(c2ccncc2)C1=C(O)c1ccc(Cl)cc1. The van der Waals surface area contributed by atoms with Crippen LogP contribution in [0.15, 0.2) is 84.7 Å². The first-order chi connectivity index (χ1) is 14.1. The van der Waals surface area contributed by atoms with Crippen molar-refractivity contribution in [1.82, 2.24) is 9.88 Å². The first-order valence-corrected chi connectivity index (χ1v) is 9.42. The van der Waals surface area contributed by atoms with Crippen LogP contribution in [0.2, 0.25) is 5.02 Å². The number of Topliss-reactive ketones (excluding diaryl/α,β-unsaturated/α-hetero) is 1. The van der Waals surface area contributed by atoms with Crippen molar-refractivity contribution >= 4 is 29.1 Å². The lowest BCUT2D eigenvalue weighted by Crippen LogP contribution is -2.29. The summed E-state index contributed by atoms with van der Waals surface area (Å²) >= 11 is 5.93. The number of hydrogen-bond acceptors (Lipinski definition) is 4. The van der Waals surface area contributed by atoms with Gasteiger partial charge in [-0.3, -0.25) is 14.6 Å². The quantitative estimate of drug-likeness (QED) is 0.398. The maximum absolute atomic E-state index is 12.9. The third kappa shape index (κ3) is 3.65. The van der Waals surface area contributed by atoms with E-state index in [4.69, 9.17) is 11.6 Å². The van der Waals surface area contributed by atoms with Gasteiger partial charge in [-0.2, -0.15) is 0 Å². The van der Waals surface area contributed by atoms with Crippen molar-refractivity contribution in [3.05, 3.63) is 106 Å². The van der Waals surface area contributed by atoms with Gasteiger partial charge < -0.3 is 10.0 Å². The summed E-state index contributed by atoms with van der Waals surface area (Å²) in [5.41, 5.74) is 2.07. The topological polar surface area (TPSA) is 70.5 Å². The van der Waals surface area contributed by atoms with Crippen LogP contribution in [0.5, 0.6) is 0 Å². The molecule has 0 saturated carbocycles. The van der Waals surface area contributed by atoms with Crippen LogP contribution in [0, 0.1) is 0 Å². The summed E-state index contributed by atoms with van der Waals surface area (Å²) in [4.78, 5) is 31.3. The number of likely N-dealkylation sites (tertiary alicyclic amines) is 1. The third-order valence-corrected chi connectivity index (χ3v) is 5.13. The Kier molecular flexibility index (Phi) is 5.14. The highest BCUT2D eigenvalue weighted by atomic mass is 35.5. The van der Waals surface area contributed by atoms with Crippen molar-refractivity contribution < 1.29 is 14.7 Å². The molecule has 1 aromatic heterocycles. The number of ketones is 1. The van der Waals surface area contributed by atoms with E-state index in [0.717, 1.165) is 5.56 Å². The minimum atomic E-state index is -0.714. The van der Waals surface area contributed by atoms with Gasteiger partial charge in [-0.1, -0.05) is 41.9 Å². The maximum atomic E-state index is 12.9. The number of nitrogens with zero attached hydrogens (tertiary/aromatic N) is 2. The van der Waals surface area contributed by atoms with E-state index in [2.05, 4.69) is 4.98 Å². The largest absolute Gasteiger partial charge is 0.507 e. The summed E-state index contributed by atoms with van der Waals surface area (Å²) in [7, 11) is 0. The fourth-order valence-electron chi connectivity index (χ4n) is 3.48. The highest BCUT2D eigenvalue weighted by molar-refractivity contribution is 6.46. The van der Waals surface area contributed by atoms with E-state index in [9.17, 15) is 14.7 Å². The Morgan fingerprint density at radius 2 is 1.62 bits per heavy atom. The highest BCUT2D eigenvalue weighted by Gasteiger charge is 2.46. The van der Waals surface area contributed by atoms with Crippen molar-refractivity contribution in [2.75, 3.05) is 0 Å². The van der Waals surface area contributed by atoms with Gasteiger partial charge in [0.1, 0.15) is 5.76 Å². The Morgan fingerprint density at radius 1 is 0.966 bits per heavy atom. The minimum absolute atomic E-state index is 0.0550. The molecule has 0 radical (unpaired) electrons. The van der Waals surface area contributed by atoms with Crippen molar-refractivity contribution in [2.24, 2.45) is 0 Å². The van der Waals surface area contributed by atoms with Gasteiger partial charge in [-0.25, -0.2) is 0 Å². The van der Waals surface area contributed by atoms with Gasteiger partial charge in [-0.05, 0) is 47.5 Å². The number of aromatic nitrogens is 1. The number of amides is 1. The molecule has 4 rings (SSSR count). The number of benzene rings is 2. The summed E-state index contributed by atoms with van der Waals surface area (Å²) in [6, 6.07) is 18.7. The van der Waals surface area contributed by atoms with Crippen LogP contribution in [0.4, 0.5) is 0 Å². The van der Waals surface area contributed by atoms with Gasteiger partial charge in [0, 0.05) is 29.5 Å². The Bertz CT molecular complexity index is 1080. The van der Waals surface area contributed by atoms with E-state index in [1.54, 1.807) is 48.8 Å². The van der Waals surface area contributed by atoms with Crippen molar-refractivity contribution in [3.63, 3.8) is 0 Å². The van der Waals surface area contributed by atoms with E-state index in [1.165, 1.54) is 4.90 Å². The number of aliphatic hydroxyl groups excluding tert-OH is 1. The van der Waals surface area contributed by atoms with Crippen LogP contribution in [-0.4, -0.2) is 26.7 Å². The number of carbonyl (C=O) groups is 2. The lowest BCUT2D eigenvalue weighted by Gasteiger charge is -2.25. The van der Waals surface area contributed by atoms with Gasteiger partial charge in [0.15, 0.2) is 0 Å². The lowest BCUT2D eigenvalue weighted by atomic mass is 9.96. The van der Waals surface area contributed by atoms with Crippen molar-refractivity contribution in [3.8, 4) is 0 Å². The molecule has 1 saturated heterocycles. The zero-order chi connectivity index (χ0) is 20.4. The first-order valence-electron chi connectivity index (χ1n) is 9.04. The number of pyridine rings is 1. The molecule has 0 aliphatic carbocycles. The standard InChI is InChI=1S/C23H17ClN2O3/c24-18-8-6-17(7-9-18)21(27)19-20(16-10-12-25-13-11-16)26(23(29)22(19)28)14-15-4-2-1-3-5-15/h1-13,20,27H,14H2. The number of halogens is 1. The molecule has 5 nitrogen and oxygen atoms in total. The van der Waals surface area contributed by atoms with Crippen molar-refractivity contribution in [2.45, 2.75) is 12.6 Å². The smallest absolute Gasteiger partial charge is 0.295 e. The average molecular weight is 405 g/mol. The molecule has 0 bridgehead atoms. The third-order valence-electron chi connectivity index (χ3n) is 4.88. The number of hydrogen-bond donors (Lipinski definition) is 1. The molecule has 1 atom stereocenters. The molecule has 29 heavy (non-hydrogen) atoms. The molecule has 0 spiro atoms. The average Bonchev–Trinajstić information content (AvgIpc) is 3.00. The second-order valence-electron chi connectivity index (χ2n) is 6.70. The Hall–Kier alpha value is -3.44. The zero-order valence-corrected chi connectivity index (χ0v) is 16.1. The van der Waals surface area contributed by atoms with E-state index < -0.39 is 17.7 Å². The van der Waals surface area contributed by atoms with Crippen molar-refractivity contribution in [1.29, 1.82) is 0 Å². The molecule has 1 aliphatic rings. The first kappa shape index (κ1) is 18.9. The van der Waals surface area contributed by atoms with Gasteiger partial charge in [0.2, 0.25) is 0 Å². The van der Waals surface area contributed by atoms with Gasteiger partial charge in [0.25, 0.3) is 11.7 Å². The number of rotatable bonds is 4. The molecule has 144 valence electrons. The van der Waals surface area contributed by atoms with Gasteiger partial charge >= 0.3 is 0 Å². The van der Waals surface area contributed by atoms with Gasteiger partial charge in [-0.15, -0.1) is 0 Å². The Balaban J connectivity index is 1.85. The van der Waals surface area contributed by atoms with Crippen LogP contribution in [-0.2, 0) is 16.1 Å². The van der Waals surface area contributed by atoms with Crippen LogP contribution in [0.3, 0.4) is 0 Å². The lowest BCUT2D eigenvalue weighted by molar-refractivity contribution is -0.140. The predicted octanol–water partition coefficient (Wildman–Crippen LogP) is 4.36. The molecule has 1 unspecified atom stereocenters. The summed E-state index contributed by atoms with van der Waals surface area (Å²) in [5, 5.41) is 11.4. The van der Waals surface area contributed by atoms with Crippen LogP contribution in [0.1, 0.15) is 22.7 Å². The summed E-state index contributed by atoms with van der Waals surface area (Å²) in [5.74, 6) is -1.58. The highest BCUT2D eigenvalue weighted by Crippen LogP contribution is 2.40. The molecule has 3 aromatic rings. The number of carbonyl (C=O) groups excluding carboxylic acids is 2. The van der Waals surface area contributed by atoms with Crippen LogP contribution in [0.25, 0.3) is 5.76 Å². The molecule has 6 heteroatoms. The normalized spacial score (nSPS) is 18.2. The molecule has 2 heterocycles. The molecule has 1 fully saturated rings. The zero-order valence-electron chi connectivity index (χ0n) is 15.3. The summed E-state index contributed by atoms with van der Waals surface area (Å²) in [6.07, 6.45) is 3.19. The van der Waals surface area contributed by atoms with Crippen LogP contribution >= 0.6 is 11.6 Å². The molecular weight excluding hydrogens is 388 g/mol. The van der Waals surface area contributed by atoms with E-state index >= 15 is 0 Å². The fraction of sp³-hybridized carbons (Fsp3) is 0.0870. The maximum Gasteiger partial charge on any atom is 0.295 e. The Morgan fingerprint density at radius 3 is 2.28 bits per heavy atom. The number of aliphatic hydroxyl groups is 1. The molecule has 2 aromatic carbocycles. The second-order valence-corrected chi connectivity index (χ2v) is 7.14. The van der Waals surface area contributed by atoms with E-state index in [-0.39, 0.29) is 17.9 Å². The molecule has 1 aliphatic heterocycles. The monoisotopic (exact) mass is 404 g/mol. The summed E-state index contributed by atoms with van der Waals surface area (Å²) < 4.78 is 0. The Labute approximate surface area is 172 Å². The fourth-order valence-corrected chi connectivity index (χ4v) is 3.60. The van der Waals surface area contributed by atoms with E-state index in [1.807, 2.05) is 30.3 Å². The molecule has 1 amide bonds. The summed E-state index contributed by atoms with van der Waals surface area (Å²) in [6.45, 7) is 0.246. The van der Waals surface area contributed by atoms with Crippen LogP contribution < -0.4 is 0 Å². The minimum Gasteiger partial charge on any atom is -0.507 e. The molecular formula is C23H17ClN2O3.